The fraction of sp³-hybridized carbons (Fsp3) is 0.600. The van der Waals surface area contributed by atoms with E-state index < -0.39 is 0 Å². The molecule has 1 N–H and O–H groups in total. The largest absolute Gasteiger partial charge is 0.483 e. The Bertz CT molecular complexity index is 639. The minimum absolute atomic E-state index is 0.0458. The Labute approximate surface area is 155 Å². The van der Waals surface area contributed by atoms with Crippen LogP contribution >= 0.6 is 0 Å². The minimum atomic E-state index is 0.0458. The Morgan fingerprint density at radius 3 is 2.19 bits per heavy atom. The number of benzene rings is 1. The Kier molecular flexibility index (Phi) is 6.14. The van der Waals surface area contributed by atoms with Crippen LogP contribution in [-0.4, -0.2) is 67.5 Å². The molecule has 3 rings (SSSR count). The highest BCUT2D eigenvalue weighted by Gasteiger charge is 2.21. The fourth-order valence-corrected chi connectivity index (χ4v) is 3.72. The van der Waals surface area contributed by atoms with Crippen LogP contribution in [-0.2, 0) is 4.79 Å². The number of nitrogens with zero attached hydrogens (tertiary/aromatic N) is 2. The maximum absolute atomic E-state index is 12.7. The van der Waals surface area contributed by atoms with E-state index >= 15 is 0 Å². The molecular formula is C20H29N3O3. The molecule has 0 radical (unpaired) electrons. The summed E-state index contributed by atoms with van der Waals surface area (Å²) in [6.45, 7) is 8.74. The van der Waals surface area contributed by atoms with E-state index in [9.17, 15) is 9.59 Å². The second-order valence-electron chi connectivity index (χ2n) is 7.21. The Morgan fingerprint density at radius 2 is 1.58 bits per heavy atom. The first-order chi connectivity index (χ1) is 12.6. The number of likely N-dealkylation sites (tertiary alicyclic amines) is 1. The van der Waals surface area contributed by atoms with Gasteiger partial charge < -0.3 is 19.9 Å². The lowest BCUT2D eigenvalue weighted by molar-refractivity contribution is -0.134. The molecule has 0 aromatic heterocycles. The molecule has 2 amide bonds. The third-order valence-electron chi connectivity index (χ3n) is 5.16. The summed E-state index contributed by atoms with van der Waals surface area (Å²) in [5, 5.41) is 3.26. The van der Waals surface area contributed by atoms with Crippen LogP contribution in [0.25, 0.3) is 0 Å². The van der Waals surface area contributed by atoms with Gasteiger partial charge in [-0.05, 0) is 56.4 Å². The molecule has 1 aromatic carbocycles. The quantitative estimate of drug-likeness (QED) is 0.890. The minimum Gasteiger partial charge on any atom is -0.483 e. The summed E-state index contributed by atoms with van der Waals surface area (Å²) in [6, 6.07) is 3.75. The van der Waals surface area contributed by atoms with Crippen molar-refractivity contribution in [3.8, 4) is 5.75 Å². The molecule has 2 heterocycles. The molecule has 142 valence electrons. The second-order valence-corrected chi connectivity index (χ2v) is 7.21. The number of piperidine rings is 1. The van der Waals surface area contributed by atoms with Crippen LogP contribution in [0.5, 0.6) is 5.75 Å². The van der Waals surface area contributed by atoms with Crippen molar-refractivity contribution in [3.63, 3.8) is 0 Å². The van der Waals surface area contributed by atoms with Crippen molar-refractivity contribution in [2.75, 3.05) is 45.9 Å². The van der Waals surface area contributed by atoms with E-state index in [0.717, 1.165) is 63.2 Å². The van der Waals surface area contributed by atoms with E-state index in [2.05, 4.69) is 5.32 Å². The summed E-state index contributed by atoms with van der Waals surface area (Å²) in [6.07, 6.45) is 3.35. The molecule has 6 heteroatoms. The van der Waals surface area contributed by atoms with E-state index in [1.807, 2.05) is 35.8 Å². The van der Waals surface area contributed by atoms with Gasteiger partial charge in [0.2, 0.25) is 0 Å². The van der Waals surface area contributed by atoms with Crippen molar-refractivity contribution in [2.24, 2.45) is 0 Å². The van der Waals surface area contributed by atoms with Gasteiger partial charge >= 0.3 is 0 Å². The zero-order valence-corrected chi connectivity index (χ0v) is 15.8. The summed E-state index contributed by atoms with van der Waals surface area (Å²) in [5.41, 5.74) is 2.49. The van der Waals surface area contributed by atoms with Crippen molar-refractivity contribution in [1.29, 1.82) is 0 Å². The fourth-order valence-electron chi connectivity index (χ4n) is 3.72. The molecule has 0 spiro atoms. The summed E-state index contributed by atoms with van der Waals surface area (Å²) >= 11 is 0. The number of carbonyl (C=O) groups is 2. The van der Waals surface area contributed by atoms with E-state index in [4.69, 9.17) is 4.74 Å². The van der Waals surface area contributed by atoms with Gasteiger partial charge in [-0.15, -0.1) is 0 Å². The predicted molar refractivity (Wildman–Crippen MR) is 101 cm³/mol. The maximum Gasteiger partial charge on any atom is 0.260 e. The molecule has 2 aliphatic heterocycles. The number of hydrogen-bond donors (Lipinski definition) is 1. The number of aryl methyl sites for hydroxylation is 2. The number of carbonyl (C=O) groups excluding carboxylic acids is 2. The first-order valence-electron chi connectivity index (χ1n) is 9.58. The number of ether oxygens (including phenoxy) is 1. The molecule has 2 fully saturated rings. The van der Waals surface area contributed by atoms with Crippen molar-refractivity contribution >= 4 is 11.8 Å². The second kappa shape index (κ2) is 8.54. The van der Waals surface area contributed by atoms with Gasteiger partial charge in [-0.2, -0.15) is 0 Å². The van der Waals surface area contributed by atoms with Crippen LogP contribution in [0.4, 0.5) is 0 Å². The van der Waals surface area contributed by atoms with E-state index in [1.165, 1.54) is 6.42 Å². The molecule has 6 nitrogen and oxygen atoms in total. The normalized spacial score (nSPS) is 17.9. The predicted octanol–water partition coefficient (Wildman–Crippen LogP) is 1.74. The van der Waals surface area contributed by atoms with E-state index in [0.29, 0.717) is 11.3 Å². The number of nitrogens with one attached hydrogen (secondary N) is 1. The summed E-state index contributed by atoms with van der Waals surface area (Å²) in [7, 11) is 0. The van der Waals surface area contributed by atoms with Crippen LogP contribution in [0.2, 0.25) is 0 Å². The van der Waals surface area contributed by atoms with Crippen LogP contribution < -0.4 is 10.1 Å². The van der Waals surface area contributed by atoms with Gasteiger partial charge in [-0.3, -0.25) is 9.59 Å². The first kappa shape index (κ1) is 18.7. The Balaban J connectivity index is 1.65. The molecular weight excluding hydrogens is 330 g/mol. The van der Waals surface area contributed by atoms with Gasteiger partial charge in [0.15, 0.2) is 6.61 Å². The molecule has 2 aliphatic rings. The Morgan fingerprint density at radius 1 is 0.962 bits per heavy atom. The van der Waals surface area contributed by atoms with Gasteiger partial charge in [0.05, 0.1) is 0 Å². The van der Waals surface area contributed by atoms with E-state index in [1.54, 1.807) is 0 Å². The lowest BCUT2D eigenvalue weighted by atomic mass is 10.0. The van der Waals surface area contributed by atoms with Gasteiger partial charge in [-0.1, -0.05) is 0 Å². The third kappa shape index (κ3) is 4.36. The van der Waals surface area contributed by atoms with Crippen LogP contribution in [0.15, 0.2) is 12.1 Å². The summed E-state index contributed by atoms with van der Waals surface area (Å²) < 4.78 is 5.84. The monoisotopic (exact) mass is 359 g/mol. The Hall–Kier alpha value is -2.08. The zero-order chi connectivity index (χ0) is 18.5. The first-order valence-corrected chi connectivity index (χ1v) is 9.58. The van der Waals surface area contributed by atoms with Crippen LogP contribution in [0.1, 0.15) is 40.7 Å². The van der Waals surface area contributed by atoms with E-state index in [-0.39, 0.29) is 18.4 Å². The van der Waals surface area contributed by atoms with Crippen molar-refractivity contribution in [1.82, 2.24) is 15.1 Å². The van der Waals surface area contributed by atoms with Gasteiger partial charge in [0, 0.05) is 44.8 Å². The molecule has 0 unspecified atom stereocenters. The zero-order valence-electron chi connectivity index (χ0n) is 15.8. The molecule has 0 atom stereocenters. The molecule has 0 bridgehead atoms. The van der Waals surface area contributed by atoms with Gasteiger partial charge in [0.25, 0.3) is 11.8 Å². The number of amides is 2. The average molecular weight is 359 g/mol. The molecule has 26 heavy (non-hydrogen) atoms. The average Bonchev–Trinajstić information content (AvgIpc) is 2.67. The van der Waals surface area contributed by atoms with Crippen LogP contribution in [0.3, 0.4) is 0 Å². The molecule has 2 saturated heterocycles. The molecule has 0 aliphatic carbocycles. The van der Waals surface area contributed by atoms with Crippen molar-refractivity contribution < 1.29 is 14.3 Å². The van der Waals surface area contributed by atoms with Crippen molar-refractivity contribution in [3.05, 3.63) is 28.8 Å². The van der Waals surface area contributed by atoms with Crippen LogP contribution in [0, 0.1) is 13.8 Å². The lowest BCUT2D eigenvalue weighted by Crippen LogP contribution is -2.46. The van der Waals surface area contributed by atoms with Gasteiger partial charge in [0.1, 0.15) is 5.75 Å². The third-order valence-corrected chi connectivity index (χ3v) is 5.16. The van der Waals surface area contributed by atoms with Gasteiger partial charge in [-0.25, -0.2) is 0 Å². The molecule has 0 saturated carbocycles. The number of rotatable bonds is 4. The standard InChI is InChI=1S/C20H29N3O3/c1-15-12-17(20(25)23-10-6-21-7-11-23)13-16(2)19(15)26-14-18(24)22-8-4-3-5-9-22/h12-13,21H,3-11,14H2,1-2H3. The lowest BCUT2D eigenvalue weighted by Gasteiger charge is -2.28. The number of piperazine rings is 1. The SMILES string of the molecule is Cc1cc(C(=O)N2CCNCC2)cc(C)c1OCC(=O)N1CCCCC1. The maximum atomic E-state index is 12.7. The highest BCUT2D eigenvalue weighted by atomic mass is 16.5. The number of hydrogen-bond acceptors (Lipinski definition) is 4. The highest BCUT2D eigenvalue weighted by molar-refractivity contribution is 5.95. The van der Waals surface area contributed by atoms with Crippen molar-refractivity contribution in [2.45, 2.75) is 33.1 Å². The summed E-state index contributed by atoms with van der Waals surface area (Å²) in [4.78, 5) is 28.8. The molecule has 1 aromatic rings. The topological polar surface area (TPSA) is 61.9 Å². The smallest absolute Gasteiger partial charge is 0.260 e. The summed E-state index contributed by atoms with van der Waals surface area (Å²) in [5.74, 6) is 0.824. The highest BCUT2D eigenvalue weighted by Crippen LogP contribution is 2.26.